The highest BCUT2D eigenvalue weighted by Crippen LogP contribution is 2.35. The Hall–Kier alpha value is -1.03. The Bertz CT molecular complexity index is 473. The first-order valence-corrected chi connectivity index (χ1v) is 4.93. The summed E-state index contributed by atoms with van der Waals surface area (Å²) in [6.45, 7) is 1.71. The Kier molecular flexibility index (Phi) is 2.23. The van der Waals surface area contributed by atoms with Crippen molar-refractivity contribution in [3.63, 3.8) is 0 Å². The van der Waals surface area contributed by atoms with E-state index in [-0.39, 0.29) is 0 Å². The summed E-state index contributed by atoms with van der Waals surface area (Å²) in [6.07, 6.45) is -2.76. The quantitative estimate of drug-likeness (QED) is 0.667. The predicted molar refractivity (Wildman–Crippen MR) is 51.5 cm³/mol. The maximum atomic E-state index is 13.2. The molecule has 2 aromatic rings. The summed E-state index contributed by atoms with van der Waals surface area (Å²) in [4.78, 5) is 0. The van der Waals surface area contributed by atoms with Crippen molar-refractivity contribution in [3.05, 3.63) is 34.5 Å². The van der Waals surface area contributed by atoms with Crippen LogP contribution < -0.4 is 0 Å². The molecule has 1 heterocycles. The largest absolute Gasteiger partial charge is 0.267 e. The minimum atomic E-state index is -2.76. The fraction of sp³-hybridized carbons (Fsp3) is 0.200. The highest BCUT2D eigenvalue weighted by Gasteiger charge is 2.19. The van der Waals surface area contributed by atoms with Gasteiger partial charge < -0.3 is 0 Å². The van der Waals surface area contributed by atoms with Crippen LogP contribution in [0.3, 0.4) is 0 Å². The normalized spacial score (nSPS) is 11.5. The van der Waals surface area contributed by atoms with Crippen molar-refractivity contribution in [1.82, 2.24) is 0 Å². The van der Waals surface area contributed by atoms with Crippen LogP contribution in [0.1, 0.15) is 17.6 Å². The van der Waals surface area contributed by atoms with Gasteiger partial charge >= 0.3 is 0 Å². The lowest BCUT2D eigenvalue weighted by Crippen LogP contribution is -1.91. The van der Waals surface area contributed by atoms with Gasteiger partial charge in [-0.3, -0.25) is 0 Å². The molecule has 0 aliphatic heterocycles. The van der Waals surface area contributed by atoms with Gasteiger partial charge in [0, 0.05) is 10.1 Å². The van der Waals surface area contributed by atoms with Crippen LogP contribution in [0.25, 0.3) is 10.1 Å². The first-order chi connectivity index (χ1) is 6.61. The number of rotatable bonds is 1. The minimum Gasteiger partial charge on any atom is -0.206 e. The van der Waals surface area contributed by atoms with E-state index in [2.05, 4.69) is 0 Å². The van der Waals surface area contributed by atoms with Crippen LogP contribution in [0.5, 0.6) is 0 Å². The van der Waals surface area contributed by atoms with Crippen molar-refractivity contribution in [2.45, 2.75) is 13.3 Å². The van der Waals surface area contributed by atoms with Gasteiger partial charge in [-0.05, 0) is 30.0 Å². The van der Waals surface area contributed by atoms with E-state index < -0.39 is 17.8 Å². The van der Waals surface area contributed by atoms with Crippen LogP contribution in [0, 0.1) is 12.7 Å². The third kappa shape index (κ3) is 1.30. The van der Waals surface area contributed by atoms with Crippen molar-refractivity contribution in [2.24, 2.45) is 0 Å². The van der Waals surface area contributed by atoms with E-state index in [9.17, 15) is 13.2 Å². The molecule has 0 saturated heterocycles. The number of aryl methyl sites for hydroxylation is 1. The number of thiophene rings is 1. The number of alkyl halides is 2. The van der Waals surface area contributed by atoms with Gasteiger partial charge in [-0.2, -0.15) is 0 Å². The monoisotopic (exact) mass is 216 g/mol. The van der Waals surface area contributed by atoms with Crippen LogP contribution >= 0.6 is 11.3 Å². The number of hydrogen-bond donors (Lipinski definition) is 0. The number of hydrogen-bond acceptors (Lipinski definition) is 1. The molecule has 0 nitrogen and oxygen atoms in total. The van der Waals surface area contributed by atoms with Gasteiger partial charge in [0.05, 0.1) is 5.56 Å². The third-order valence-electron chi connectivity index (χ3n) is 2.13. The molecule has 0 spiro atoms. The second-order valence-corrected chi connectivity index (χ2v) is 3.96. The summed E-state index contributed by atoms with van der Waals surface area (Å²) < 4.78 is 39.0. The van der Waals surface area contributed by atoms with Gasteiger partial charge in [0.15, 0.2) is 0 Å². The molecule has 0 aliphatic carbocycles. The molecule has 74 valence electrons. The molecule has 2 rings (SSSR count). The van der Waals surface area contributed by atoms with Gasteiger partial charge in [-0.1, -0.05) is 0 Å². The Labute approximate surface area is 83.0 Å². The van der Waals surface area contributed by atoms with E-state index in [4.69, 9.17) is 0 Å². The lowest BCUT2D eigenvalue weighted by Gasteiger charge is -2.04. The number of benzene rings is 1. The van der Waals surface area contributed by atoms with Gasteiger partial charge in [-0.15, -0.1) is 11.3 Å². The zero-order valence-electron chi connectivity index (χ0n) is 7.35. The molecule has 0 atom stereocenters. The molecule has 0 saturated carbocycles. The maximum Gasteiger partial charge on any atom is 0.267 e. The molecule has 14 heavy (non-hydrogen) atoms. The summed E-state index contributed by atoms with van der Waals surface area (Å²) in [5, 5.41) is 2.13. The molecule has 1 aromatic carbocycles. The third-order valence-corrected chi connectivity index (χ3v) is 3.19. The zero-order valence-corrected chi connectivity index (χ0v) is 8.17. The standard InChI is InChI=1S/C10H7F3S/c1-5-4-14-7-3-2-6(11)9(8(5)7)10(12)13/h2-4,10H,1H3. The average Bonchev–Trinajstić information content (AvgIpc) is 2.47. The summed E-state index contributed by atoms with van der Waals surface area (Å²) in [6, 6.07) is 2.63. The first-order valence-electron chi connectivity index (χ1n) is 4.05. The van der Waals surface area contributed by atoms with Crippen molar-refractivity contribution in [1.29, 1.82) is 0 Å². The van der Waals surface area contributed by atoms with E-state index >= 15 is 0 Å². The van der Waals surface area contributed by atoms with Crippen molar-refractivity contribution < 1.29 is 13.2 Å². The van der Waals surface area contributed by atoms with Gasteiger partial charge in [0.2, 0.25) is 0 Å². The minimum absolute atomic E-state index is 0.366. The fourth-order valence-electron chi connectivity index (χ4n) is 1.50. The van der Waals surface area contributed by atoms with E-state index in [0.717, 1.165) is 6.07 Å². The highest BCUT2D eigenvalue weighted by atomic mass is 32.1. The van der Waals surface area contributed by atoms with E-state index in [1.165, 1.54) is 17.4 Å². The number of fused-ring (bicyclic) bond motifs is 1. The van der Waals surface area contributed by atoms with Gasteiger partial charge in [-0.25, -0.2) is 13.2 Å². The smallest absolute Gasteiger partial charge is 0.206 e. The summed E-state index contributed by atoms with van der Waals surface area (Å²) in [5.74, 6) is -0.825. The molecule has 0 radical (unpaired) electrons. The molecule has 0 bridgehead atoms. The van der Waals surface area contributed by atoms with E-state index in [1.54, 1.807) is 12.3 Å². The van der Waals surface area contributed by atoms with Crippen molar-refractivity contribution in [2.75, 3.05) is 0 Å². The SMILES string of the molecule is Cc1csc2ccc(F)c(C(F)F)c12. The van der Waals surface area contributed by atoms with E-state index in [1.807, 2.05) is 0 Å². The zero-order chi connectivity index (χ0) is 10.3. The predicted octanol–water partition coefficient (Wildman–Crippen LogP) is 4.29. The van der Waals surface area contributed by atoms with Crippen LogP contribution in [0.2, 0.25) is 0 Å². The van der Waals surface area contributed by atoms with Gasteiger partial charge in [0.1, 0.15) is 5.82 Å². The topological polar surface area (TPSA) is 0 Å². The molecular weight excluding hydrogens is 209 g/mol. The van der Waals surface area contributed by atoms with Crippen molar-refractivity contribution >= 4 is 21.4 Å². The van der Waals surface area contributed by atoms with Crippen LogP contribution in [0.15, 0.2) is 17.5 Å². The lowest BCUT2D eigenvalue weighted by atomic mass is 10.1. The van der Waals surface area contributed by atoms with Crippen LogP contribution in [-0.2, 0) is 0 Å². The molecule has 0 aliphatic rings. The van der Waals surface area contributed by atoms with Crippen molar-refractivity contribution in [3.8, 4) is 0 Å². The highest BCUT2D eigenvalue weighted by molar-refractivity contribution is 7.17. The van der Waals surface area contributed by atoms with Gasteiger partial charge in [0.25, 0.3) is 6.43 Å². The summed E-state index contributed by atoms with van der Waals surface area (Å²) in [5.41, 5.74) is 0.237. The lowest BCUT2D eigenvalue weighted by molar-refractivity contribution is 0.148. The average molecular weight is 216 g/mol. The Morgan fingerprint density at radius 3 is 2.64 bits per heavy atom. The molecule has 4 heteroatoms. The van der Waals surface area contributed by atoms with Crippen LogP contribution in [-0.4, -0.2) is 0 Å². The summed E-state index contributed by atoms with van der Waals surface area (Å²) in [7, 11) is 0. The molecule has 0 amide bonds. The Balaban J connectivity index is 2.87. The number of halogens is 3. The maximum absolute atomic E-state index is 13.2. The molecule has 0 N–H and O–H groups in total. The molecule has 1 aromatic heterocycles. The summed E-state index contributed by atoms with van der Waals surface area (Å²) >= 11 is 1.35. The first kappa shape index (κ1) is 9.52. The second-order valence-electron chi connectivity index (χ2n) is 3.05. The molecule has 0 fully saturated rings. The fourth-order valence-corrected chi connectivity index (χ4v) is 2.46. The molecular formula is C10H7F3S. The Morgan fingerprint density at radius 2 is 2.00 bits per heavy atom. The van der Waals surface area contributed by atoms with E-state index in [0.29, 0.717) is 15.6 Å². The van der Waals surface area contributed by atoms with Crippen LogP contribution in [0.4, 0.5) is 13.2 Å². The molecule has 0 unspecified atom stereocenters. The Morgan fingerprint density at radius 1 is 1.29 bits per heavy atom. The second kappa shape index (κ2) is 3.28.